The largest absolute Gasteiger partial charge is 0.385 e. The van der Waals surface area contributed by atoms with Crippen molar-refractivity contribution in [3.05, 3.63) is 53.1 Å². The van der Waals surface area contributed by atoms with Crippen molar-refractivity contribution in [3.8, 4) is 0 Å². The van der Waals surface area contributed by atoms with Gasteiger partial charge in [-0.1, -0.05) is 29.8 Å². The Morgan fingerprint density at radius 3 is 2.96 bits per heavy atom. The van der Waals surface area contributed by atoms with Gasteiger partial charge in [0.15, 0.2) is 0 Å². The Hall–Kier alpha value is -1.65. The van der Waals surface area contributed by atoms with Gasteiger partial charge in [-0.25, -0.2) is 4.98 Å². The van der Waals surface area contributed by atoms with Gasteiger partial charge in [-0.2, -0.15) is 0 Å². The second-order valence-corrected chi connectivity index (χ2v) is 6.97. The van der Waals surface area contributed by atoms with Gasteiger partial charge in [0.05, 0.1) is 0 Å². The van der Waals surface area contributed by atoms with Crippen LogP contribution in [-0.2, 0) is 17.8 Å². The minimum Gasteiger partial charge on any atom is -0.385 e. The van der Waals surface area contributed by atoms with Gasteiger partial charge < -0.3 is 9.30 Å². The number of nitrogens with zero attached hydrogens (tertiary/aromatic N) is 3. The fraction of sp³-hybridized carbons (Fsp3) is 0.550. The zero-order chi connectivity index (χ0) is 16.9. The van der Waals surface area contributed by atoms with Gasteiger partial charge in [-0.3, -0.25) is 4.90 Å². The van der Waals surface area contributed by atoms with Crippen LogP contribution in [0.5, 0.6) is 0 Å². The molecule has 0 aliphatic carbocycles. The molecular formula is C20H29N3O. The quantitative estimate of drug-likeness (QED) is 0.729. The van der Waals surface area contributed by atoms with E-state index in [9.17, 15) is 0 Å². The molecule has 0 radical (unpaired) electrons. The Balaban J connectivity index is 1.63. The molecule has 2 aromatic rings. The smallest absolute Gasteiger partial charge is 0.113 e. The van der Waals surface area contributed by atoms with Crippen LogP contribution in [0.3, 0.4) is 0 Å². The minimum atomic E-state index is 0.547. The predicted octanol–water partition coefficient (Wildman–Crippen LogP) is 3.53. The average molecular weight is 327 g/mol. The van der Waals surface area contributed by atoms with Crippen molar-refractivity contribution in [1.82, 2.24) is 14.5 Å². The number of aromatic nitrogens is 2. The zero-order valence-corrected chi connectivity index (χ0v) is 15.2. The van der Waals surface area contributed by atoms with Crippen molar-refractivity contribution in [1.29, 1.82) is 0 Å². The number of hydrogen-bond acceptors (Lipinski definition) is 3. The van der Waals surface area contributed by atoms with Crippen molar-refractivity contribution >= 4 is 0 Å². The molecular weight excluding hydrogens is 298 g/mol. The highest BCUT2D eigenvalue weighted by atomic mass is 16.5. The summed E-state index contributed by atoms with van der Waals surface area (Å²) in [5, 5.41) is 0. The molecule has 0 saturated carbocycles. The van der Waals surface area contributed by atoms with E-state index in [0.717, 1.165) is 39.2 Å². The van der Waals surface area contributed by atoms with Crippen molar-refractivity contribution in [2.24, 2.45) is 0 Å². The summed E-state index contributed by atoms with van der Waals surface area (Å²) in [6, 6.07) is 8.85. The Labute approximate surface area is 145 Å². The summed E-state index contributed by atoms with van der Waals surface area (Å²) >= 11 is 0. The van der Waals surface area contributed by atoms with E-state index in [1.165, 1.54) is 29.1 Å². The first-order valence-corrected chi connectivity index (χ1v) is 8.96. The number of likely N-dealkylation sites (tertiary alicyclic amines) is 1. The number of methoxy groups -OCH3 is 1. The third-order valence-electron chi connectivity index (χ3n) is 4.94. The highest BCUT2D eigenvalue weighted by Gasteiger charge is 2.27. The number of imidazole rings is 1. The van der Waals surface area contributed by atoms with E-state index < -0.39 is 0 Å². The SMILES string of the molecule is COCCCn1c(C)cnc1C1CCN(Cc2cccc(C)c2)C1. The van der Waals surface area contributed by atoms with Gasteiger partial charge in [-0.05, 0) is 38.8 Å². The van der Waals surface area contributed by atoms with Gasteiger partial charge in [0, 0.05) is 51.2 Å². The first-order chi connectivity index (χ1) is 11.7. The molecule has 4 heteroatoms. The molecule has 1 aromatic carbocycles. The molecule has 1 aromatic heterocycles. The second-order valence-electron chi connectivity index (χ2n) is 6.97. The summed E-state index contributed by atoms with van der Waals surface area (Å²) in [7, 11) is 1.77. The normalized spacial score (nSPS) is 18.4. The summed E-state index contributed by atoms with van der Waals surface area (Å²) in [6.45, 7) is 9.43. The fourth-order valence-corrected chi connectivity index (χ4v) is 3.72. The van der Waals surface area contributed by atoms with Crippen LogP contribution < -0.4 is 0 Å². The van der Waals surface area contributed by atoms with Crippen molar-refractivity contribution < 1.29 is 4.74 Å². The maximum absolute atomic E-state index is 5.20. The molecule has 1 fully saturated rings. The monoisotopic (exact) mass is 327 g/mol. The van der Waals surface area contributed by atoms with Gasteiger partial charge in [0.1, 0.15) is 5.82 Å². The number of benzene rings is 1. The first-order valence-electron chi connectivity index (χ1n) is 8.96. The molecule has 0 amide bonds. The molecule has 130 valence electrons. The van der Waals surface area contributed by atoms with Crippen LogP contribution in [0.2, 0.25) is 0 Å². The first kappa shape index (κ1) is 17.2. The van der Waals surface area contributed by atoms with E-state index in [0.29, 0.717) is 5.92 Å². The molecule has 1 saturated heterocycles. The molecule has 1 aliphatic rings. The van der Waals surface area contributed by atoms with Gasteiger partial charge in [0.25, 0.3) is 0 Å². The second kappa shape index (κ2) is 7.95. The molecule has 1 atom stereocenters. The lowest BCUT2D eigenvalue weighted by Gasteiger charge is -2.17. The lowest BCUT2D eigenvalue weighted by molar-refractivity contribution is 0.189. The maximum atomic E-state index is 5.20. The Bertz CT molecular complexity index is 665. The van der Waals surface area contributed by atoms with Crippen LogP contribution in [0.25, 0.3) is 0 Å². The lowest BCUT2D eigenvalue weighted by atomic mass is 10.1. The predicted molar refractivity (Wildman–Crippen MR) is 97.3 cm³/mol. The highest BCUT2D eigenvalue weighted by Crippen LogP contribution is 2.28. The van der Waals surface area contributed by atoms with Crippen molar-refractivity contribution in [3.63, 3.8) is 0 Å². The molecule has 0 spiro atoms. The minimum absolute atomic E-state index is 0.547. The summed E-state index contributed by atoms with van der Waals surface area (Å²) in [5.41, 5.74) is 4.01. The highest BCUT2D eigenvalue weighted by molar-refractivity contribution is 5.22. The molecule has 0 bridgehead atoms. The van der Waals surface area contributed by atoms with Crippen LogP contribution in [0.4, 0.5) is 0 Å². The number of hydrogen-bond donors (Lipinski definition) is 0. The van der Waals surface area contributed by atoms with E-state index >= 15 is 0 Å². The topological polar surface area (TPSA) is 30.3 Å². The standard InChI is InChI=1S/C20H29N3O/c1-16-6-4-7-18(12-16)14-22-10-8-19(15-22)20-21-13-17(2)23(20)9-5-11-24-3/h4,6-7,12-13,19H,5,8-11,14-15H2,1-3H3. The average Bonchev–Trinajstić information content (AvgIpc) is 3.15. The van der Waals surface area contributed by atoms with Gasteiger partial charge in [0.2, 0.25) is 0 Å². The molecule has 3 rings (SSSR count). The van der Waals surface area contributed by atoms with Crippen molar-refractivity contribution in [2.75, 3.05) is 26.8 Å². The zero-order valence-electron chi connectivity index (χ0n) is 15.2. The van der Waals surface area contributed by atoms with E-state index in [4.69, 9.17) is 9.72 Å². The molecule has 24 heavy (non-hydrogen) atoms. The van der Waals surface area contributed by atoms with E-state index in [2.05, 4.69) is 47.6 Å². The fourth-order valence-electron chi connectivity index (χ4n) is 3.72. The van der Waals surface area contributed by atoms with Gasteiger partial charge in [-0.15, -0.1) is 0 Å². The van der Waals surface area contributed by atoms with E-state index in [1.54, 1.807) is 7.11 Å². The van der Waals surface area contributed by atoms with Crippen molar-refractivity contribution in [2.45, 2.75) is 45.7 Å². The van der Waals surface area contributed by atoms with Crippen LogP contribution in [0.15, 0.2) is 30.5 Å². The summed E-state index contributed by atoms with van der Waals surface area (Å²) in [6.07, 6.45) is 4.26. The Morgan fingerprint density at radius 1 is 1.29 bits per heavy atom. The van der Waals surface area contributed by atoms with Crippen LogP contribution >= 0.6 is 0 Å². The van der Waals surface area contributed by atoms with Crippen LogP contribution in [0.1, 0.15) is 41.4 Å². The third-order valence-corrected chi connectivity index (χ3v) is 4.94. The lowest BCUT2D eigenvalue weighted by Crippen LogP contribution is -2.21. The maximum Gasteiger partial charge on any atom is 0.113 e. The molecule has 1 aliphatic heterocycles. The van der Waals surface area contributed by atoms with E-state index in [1.807, 2.05) is 6.20 Å². The summed E-state index contributed by atoms with van der Waals surface area (Å²) < 4.78 is 7.59. The molecule has 1 unspecified atom stereocenters. The number of rotatable bonds is 7. The van der Waals surface area contributed by atoms with Gasteiger partial charge >= 0.3 is 0 Å². The van der Waals surface area contributed by atoms with E-state index in [-0.39, 0.29) is 0 Å². The van der Waals surface area contributed by atoms with Crippen LogP contribution in [-0.4, -0.2) is 41.3 Å². The Morgan fingerprint density at radius 2 is 2.17 bits per heavy atom. The number of aryl methyl sites for hydroxylation is 2. The molecule has 0 N–H and O–H groups in total. The third kappa shape index (κ3) is 4.05. The Kier molecular flexibility index (Phi) is 5.69. The summed E-state index contributed by atoms with van der Waals surface area (Å²) in [4.78, 5) is 7.29. The molecule has 2 heterocycles. The van der Waals surface area contributed by atoms with Crippen LogP contribution in [0, 0.1) is 13.8 Å². The number of ether oxygens (including phenoxy) is 1. The molecule has 4 nitrogen and oxygen atoms in total. The summed E-state index contributed by atoms with van der Waals surface area (Å²) in [5.74, 6) is 1.81.